The van der Waals surface area contributed by atoms with E-state index in [1.54, 1.807) is 51.1 Å². The van der Waals surface area contributed by atoms with E-state index >= 15 is 4.39 Å². The number of nitrogens with zero attached hydrogens (tertiary/aromatic N) is 4. The molecule has 5 rings (SSSR count). The second kappa shape index (κ2) is 10.7. The molecule has 0 radical (unpaired) electrons. The average molecular weight is 609 g/mol. The van der Waals surface area contributed by atoms with Gasteiger partial charge in [-0.15, -0.1) is 0 Å². The van der Waals surface area contributed by atoms with E-state index in [0.29, 0.717) is 0 Å². The lowest BCUT2D eigenvalue weighted by molar-refractivity contribution is -0.149. The van der Waals surface area contributed by atoms with E-state index in [4.69, 9.17) is 29.0 Å². The van der Waals surface area contributed by atoms with E-state index < -0.39 is 55.6 Å². The quantitative estimate of drug-likeness (QED) is 0.202. The van der Waals surface area contributed by atoms with Gasteiger partial charge in [0.1, 0.15) is 23.0 Å². The molecule has 0 bridgehead atoms. The number of halogens is 1. The fourth-order valence-corrected chi connectivity index (χ4v) is 6.55. The lowest BCUT2D eigenvalue weighted by Crippen LogP contribution is -2.43. The Morgan fingerprint density at radius 2 is 2.02 bits per heavy atom. The molecule has 228 valence electrons. The van der Waals surface area contributed by atoms with E-state index in [1.165, 1.54) is 24.7 Å². The number of nitrogens with two attached hydrogens (primary N) is 1. The van der Waals surface area contributed by atoms with Crippen LogP contribution in [-0.4, -0.2) is 72.8 Å². The third-order valence-corrected chi connectivity index (χ3v) is 8.84. The second-order valence-electron chi connectivity index (χ2n) is 10.7. The maximum Gasteiger partial charge on any atom is 0.459 e. The minimum atomic E-state index is -4.31. The number of ether oxygens (including phenoxy) is 3. The van der Waals surface area contributed by atoms with Gasteiger partial charge in [0.25, 0.3) is 0 Å². The van der Waals surface area contributed by atoms with Crippen molar-refractivity contribution in [2.24, 2.45) is 0 Å². The van der Waals surface area contributed by atoms with Gasteiger partial charge in [-0.3, -0.25) is 13.9 Å². The van der Waals surface area contributed by atoms with Crippen molar-refractivity contribution in [2.75, 3.05) is 18.9 Å². The van der Waals surface area contributed by atoms with Crippen LogP contribution in [0.5, 0.6) is 11.6 Å². The molecule has 1 aliphatic carbocycles. The molecule has 16 heteroatoms. The molecule has 2 aliphatic rings. The van der Waals surface area contributed by atoms with Crippen LogP contribution in [0.25, 0.3) is 11.2 Å². The smallest absolute Gasteiger partial charge is 0.459 e. The molecule has 3 heterocycles. The highest BCUT2D eigenvalue weighted by Gasteiger charge is 2.85. The van der Waals surface area contributed by atoms with Crippen molar-refractivity contribution in [1.82, 2.24) is 24.6 Å². The van der Waals surface area contributed by atoms with Gasteiger partial charge in [0.2, 0.25) is 11.8 Å². The standard InChI is InChI=1S/C26H34FN6O8P/c1-6-37-20-18-19(30-23(28)31-20)33(14-29-18)22-24(5,27)26(35)12-25(26,40-22)13-38-42(36,41-17-10-8-7-9-11-17)32-16(4)21(34)39-15(2)3/h7-11,14-16,22,35H,6,12-13H2,1-5H3,(H,32,36)(H2,28,30,31)/t16?,22-,24+,25-,26+,42?/m1/s1. The molecule has 2 fully saturated rings. The molecule has 6 atom stereocenters. The monoisotopic (exact) mass is 608 g/mol. The van der Waals surface area contributed by atoms with Crippen molar-refractivity contribution in [1.29, 1.82) is 0 Å². The van der Waals surface area contributed by atoms with Crippen LogP contribution in [0.3, 0.4) is 0 Å². The molecule has 1 saturated carbocycles. The molecule has 1 saturated heterocycles. The number of benzene rings is 1. The topological polar surface area (TPSA) is 182 Å². The summed E-state index contributed by atoms with van der Waals surface area (Å²) >= 11 is 0. The van der Waals surface area contributed by atoms with Crippen LogP contribution in [0.1, 0.15) is 47.3 Å². The summed E-state index contributed by atoms with van der Waals surface area (Å²) in [7, 11) is -4.31. The lowest BCUT2D eigenvalue weighted by atomic mass is 9.96. The summed E-state index contributed by atoms with van der Waals surface area (Å²) in [5, 5.41) is 14.0. The SMILES string of the molecule is CCOc1nc(N)nc2c1ncn2[C@@H]1O[C@@]2(COP(=O)(NC(C)C(=O)OC(C)C)Oc3ccccc3)C[C@]2(O)[C@@]1(C)F. The number of imidazole rings is 1. The molecule has 14 nitrogen and oxygen atoms in total. The number of esters is 1. The minimum absolute atomic E-state index is 0.120. The number of nitrogens with one attached hydrogen (secondary N) is 1. The van der Waals surface area contributed by atoms with Gasteiger partial charge in [0.15, 0.2) is 23.1 Å². The van der Waals surface area contributed by atoms with Crippen molar-refractivity contribution in [3.8, 4) is 11.6 Å². The molecule has 3 aromatic rings. The Balaban J connectivity index is 1.41. The number of para-hydroxylation sites is 1. The number of carbonyl (C=O) groups is 1. The van der Waals surface area contributed by atoms with Crippen molar-refractivity contribution in [2.45, 2.75) is 76.3 Å². The van der Waals surface area contributed by atoms with Crippen LogP contribution in [-0.2, 0) is 23.4 Å². The van der Waals surface area contributed by atoms with E-state index in [1.807, 2.05) is 0 Å². The average Bonchev–Trinajstić information content (AvgIpc) is 3.23. The molecule has 2 aromatic heterocycles. The van der Waals surface area contributed by atoms with Gasteiger partial charge in [-0.2, -0.15) is 15.1 Å². The predicted octanol–water partition coefficient (Wildman–Crippen LogP) is 3.07. The number of hydrogen-bond acceptors (Lipinski definition) is 12. The molecule has 2 unspecified atom stereocenters. The molecule has 4 N–H and O–H groups in total. The zero-order valence-electron chi connectivity index (χ0n) is 23.8. The maximum absolute atomic E-state index is 16.4. The number of aromatic nitrogens is 4. The Morgan fingerprint density at radius 3 is 2.69 bits per heavy atom. The lowest BCUT2D eigenvalue weighted by Gasteiger charge is -2.28. The molecular weight excluding hydrogens is 574 g/mol. The largest absolute Gasteiger partial charge is 0.476 e. The normalized spacial score (nSPS) is 28.7. The van der Waals surface area contributed by atoms with Gasteiger partial charge in [0, 0.05) is 6.42 Å². The number of anilines is 1. The van der Waals surface area contributed by atoms with Crippen molar-refractivity contribution < 1.29 is 42.1 Å². The van der Waals surface area contributed by atoms with Crippen LogP contribution in [0.2, 0.25) is 0 Å². The van der Waals surface area contributed by atoms with Gasteiger partial charge in [0.05, 0.1) is 25.6 Å². The van der Waals surface area contributed by atoms with Crippen LogP contribution >= 0.6 is 7.75 Å². The third-order valence-electron chi connectivity index (χ3n) is 7.21. The fraction of sp³-hybridized carbons (Fsp3) is 0.538. The van der Waals surface area contributed by atoms with Gasteiger partial charge in [-0.05, 0) is 46.8 Å². The number of fused-ring (bicyclic) bond motifs is 2. The molecular formula is C26H34FN6O8P. The van der Waals surface area contributed by atoms with E-state index in [-0.39, 0.29) is 41.8 Å². The summed E-state index contributed by atoms with van der Waals surface area (Å²) in [5.74, 6) is -0.494. The van der Waals surface area contributed by atoms with Gasteiger partial charge in [-0.1, -0.05) is 18.2 Å². The molecule has 42 heavy (non-hydrogen) atoms. The number of nitrogen functional groups attached to an aromatic ring is 1. The van der Waals surface area contributed by atoms with Crippen LogP contribution in [0.15, 0.2) is 36.7 Å². The number of rotatable bonds is 12. The number of carbonyl (C=O) groups excluding carboxylic acids is 1. The van der Waals surface area contributed by atoms with Gasteiger partial charge >= 0.3 is 13.7 Å². The highest BCUT2D eigenvalue weighted by atomic mass is 31.2. The Hall–Kier alpha value is -3.36. The van der Waals surface area contributed by atoms with Crippen molar-refractivity contribution in [3.63, 3.8) is 0 Å². The number of alkyl halides is 1. The summed E-state index contributed by atoms with van der Waals surface area (Å²) in [6, 6.07) is 7.07. The summed E-state index contributed by atoms with van der Waals surface area (Å²) in [4.78, 5) is 24.9. The Labute approximate surface area is 241 Å². The highest BCUT2D eigenvalue weighted by Crippen LogP contribution is 2.69. The zero-order valence-corrected chi connectivity index (χ0v) is 24.7. The number of hydrogen-bond donors (Lipinski definition) is 3. The van der Waals surface area contributed by atoms with Crippen LogP contribution in [0, 0.1) is 0 Å². The predicted molar refractivity (Wildman–Crippen MR) is 147 cm³/mol. The summed E-state index contributed by atoms with van der Waals surface area (Å²) < 4.78 is 59.9. The number of aliphatic hydroxyl groups is 1. The first-order valence-corrected chi connectivity index (χ1v) is 15.0. The van der Waals surface area contributed by atoms with E-state index in [2.05, 4.69) is 20.0 Å². The van der Waals surface area contributed by atoms with E-state index in [9.17, 15) is 14.5 Å². The molecule has 0 amide bonds. The first kappa shape index (κ1) is 30.1. The Morgan fingerprint density at radius 1 is 1.31 bits per heavy atom. The van der Waals surface area contributed by atoms with Gasteiger partial charge in [-0.25, -0.2) is 13.9 Å². The first-order chi connectivity index (χ1) is 19.7. The Bertz CT molecular complexity index is 1520. The maximum atomic E-state index is 16.4. The summed E-state index contributed by atoms with van der Waals surface area (Å²) in [5.41, 5.74) is 0.209. The van der Waals surface area contributed by atoms with Crippen LogP contribution < -0.4 is 20.1 Å². The molecule has 1 aliphatic heterocycles. The van der Waals surface area contributed by atoms with Crippen LogP contribution in [0.4, 0.5) is 10.3 Å². The van der Waals surface area contributed by atoms with Crippen molar-refractivity contribution in [3.05, 3.63) is 36.7 Å². The first-order valence-electron chi connectivity index (χ1n) is 13.4. The molecule has 0 spiro atoms. The molecule has 1 aromatic carbocycles. The third kappa shape index (κ3) is 5.20. The van der Waals surface area contributed by atoms with Gasteiger partial charge < -0.3 is 29.6 Å². The Kier molecular flexibility index (Phi) is 7.69. The van der Waals surface area contributed by atoms with Crippen molar-refractivity contribution >= 4 is 30.8 Å². The summed E-state index contributed by atoms with van der Waals surface area (Å²) in [6.45, 7) is 7.48. The summed E-state index contributed by atoms with van der Waals surface area (Å²) in [6.07, 6.45) is -0.698. The second-order valence-corrected chi connectivity index (χ2v) is 12.4. The van der Waals surface area contributed by atoms with E-state index in [0.717, 1.165) is 0 Å². The fourth-order valence-electron chi connectivity index (χ4n) is 5.02. The minimum Gasteiger partial charge on any atom is -0.476 e. The highest BCUT2D eigenvalue weighted by molar-refractivity contribution is 7.52. The zero-order chi connectivity index (χ0) is 30.5.